The fourth-order valence-corrected chi connectivity index (χ4v) is 4.02. The Hall–Kier alpha value is -3.11. The Morgan fingerprint density at radius 2 is 1.87 bits per heavy atom. The summed E-state index contributed by atoms with van der Waals surface area (Å²) in [6.07, 6.45) is 0.610. The number of aromatic nitrogens is 2. The average Bonchev–Trinajstić information content (AvgIpc) is 2.64. The number of nitrogens with zero attached hydrogens (tertiary/aromatic N) is 2. The Labute approximate surface area is 171 Å². The number of hydrogen-bond donors (Lipinski definition) is 3. The number of pyridine rings is 2. The van der Waals surface area contributed by atoms with Gasteiger partial charge in [-0.05, 0) is 24.8 Å². The number of hydrogen-bond acceptors (Lipinski definition) is 5. The van der Waals surface area contributed by atoms with Crippen molar-refractivity contribution in [3.63, 3.8) is 0 Å². The predicted octanol–water partition coefficient (Wildman–Crippen LogP) is 2.98. The fourth-order valence-electron chi connectivity index (χ4n) is 3.59. The maximum Gasteiger partial charge on any atom is 0.341 e. The number of carboxylic acid groups (broad SMARTS) is 1. The zero-order chi connectivity index (χ0) is 21.9. The highest BCUT2D eigenvalue weighted by atomic mass is 35.5. The summed E-state index contributed by atoms with van der Waals surface area (Å²) in [7, 11) is 0. The first-order chi connectivity index (χ1) is 14.1. The minimum absolute atomic E-state index is 0.00110. The summed E-state index contributed by atoms with van der Waals surface area (Å²) in [4.78, 5) is 27.8. The lowest BCUT2D eigenvalue weighted by atomic mass is 9.77. The number of carbonyl (C=O) groups is 1. The number of nitrogen functional groups attached to an aromatic ring is 1. The summed E-state index contributed by atoms with van der Waals surface area (Å²) in [6, 6.07) is 1.26. The molecule has 0 saturated heterocycles. The van der Waals surface area contributed by atoms with Gasteiger partial charge in [0.15, 0.2) is 23.3 Å². The van der Waals surface area contributed by atoms with E-state index in [1.54, 1.807) is 0 Å². The first-order valence-corrected chi connectivity index (χ1v) is 9.08. The van der Waals surface area contributed by atoms with Crippen molar-refractivity contribution in [2.75, 3.05) is 5.73 Å². The maximum absolute atomic E-state index is 14.8. The van der Waals surface area contributed by atoms with Crippen molar-refractivity contribution in [1.82, 2.24) is 9.55 Å². The van der Waals surface area contributed by atoms with Gasteiger partial charge in [0, 0.05) is 17.8 Å². The van der Waals surface area contributed by atoms with Gasteiger partial charge >= 0.3 is 5.97 Å². The maximum atomic E-state index is 14.8. The van der Waals surface area contributed by atoms with Crippen LogP contribution in [0.4, 0.5) is 19.0 Å². The molecule has 0 atom stereocenters. The molecule has 2 aromatic heterocycles. The van der Waals surface area contributed by atoms with Crippen molar-refractivity contribution >= 4 is 34.3 Å². The van der Waals surface area contributed by atoms with E-state index >= 15 is 0 Å². The Balaban J connectivity index is 2.14. The molecule has 0 bridgehead atoms. The van der Waals surface area contributed by atoms with Crippen LogP contribution in [-0.4, -0.2) is 31.8 Å². The van der Waals surface area contributed by atoms with Gasteiger partial charge < -0.3 is 15.9 Å². The molecule has 2 heterocycles. The number of anilines is 1. The second-order valence-corrected chi connectivity index (χ2v) is 7.39. The zero-order valence-corrected chi connectivity index (χ0v) is 15.8. The van der Waals surface area contributed by atoms with Crippen LogP contribution in [0.25, 0.3) is 16.7 Å². The van der Waals surface area contributed by atoms with E-state index < -0.39 is 63.5 Å². The minimum atomic E-state index is -1.64. The van der Waals surface area contributed by atoms with Gasteiger partial charge in [-0.2, -0.15) is 0 Å². The SMILES string of the molecule is Nc1nc(-n2cc(C(=O)O)c(=O)c3cc(F)c(C4CC(O)C4)c(Cl)c32)c(F)cc1F. The summed E-state index contributed by atoms with van der Waals surface area (Å²) < 4.78 is 43.7. The molecule has 156 valence electrons. The molecule has 1 aliphatic carbocycles. The Kier molecular flexibility index (Phi) is 4.70. The van der Waals surface area contributed by atoms with Crippen LogP contribution in [0.1, 0.15) is 34.7 Å². The molecule has 0 radical (unpaired) electrons. The van der Waals surface area contributed by atoms with E-state index in [1.165, 1.54) is 0 Å². The quantitative estimate of drug-likeness (QED) is 0.577. The number of benzene rings is 1. The van der Waals surface area contributed by atoms with Gasteiger partial charge in [-0.15, -0.1) is 0 Å². The molecular weight excluding hydrogens is 427 g/mol. The van der Waals surface area contributed by atoms with Crippen molar-refractivity contribution < 1.29 is 28.2 Å². The molecule has 0 amide bonds. The molecule has 7 nitrogen and oxygen atoms in total. The Bertz CT molecular complexity index is 1290. The highest BCUT2D eigenvalue weighted by Crippen LogP contribution is 2.43. The van der Waals surface area contributed by atoms with E-state index in [4.69, 9.17) is 17.3 Å². The van der Waals surface area contributed by atoms with E-state index in [2.05, 4.69) is 4.98 Å². The smallest absolute Gasteiger partial charge is 0.341 e. The van der Waals surface area contributed by atoms with E-state index in [0.29, 0.717) is 6.07 Å². The summed E-state index contributed by atoms with van der Waals surface area (Å²) >= 11 is 6.40. The minimum Gasteiger partial charge on any atom is -0.477 e. The normalized spacial score (nSPS) is 18.4. The van der Waals surface area contributed by atoms with Crippen LogP contribution in [0.5, 0.6) is 0 Å². The number of nitrogens with two attached hydrogens (primary N) is 1. The third-order valence-electron chi connectivity index (χ3n) is 5.13. The summed E-state index contributed by atoms with van der Waals surface area (Å²) in [6.45, 7) is 0. The molecule has 0 spiro atoms. The van der Waals surface area contributed by atoms with Gasteiger partial charge in [0.2, 0.25) is 5.43 Å². The topological polar surface area (TPSA) is 118 Å². The molecule has 1 saturated carbocycles. The molecule has 0 unspecified atom stereocenters. The lowest BCUT2D eigenvalue weighted by molar-refractivity contribution is 0.0693. The lowest BCUT2D eigenvalue weighted by Crippen LogP contribution is -2.28. The largest absolute Gasteiger partial charge is 0.477 e. The van der Waals surface area contributed by atoms with Crippen LogP contribution in [0.2, 0.25) is 5.02 Å². The van der Waals surface area contributed by atoms with E-state index in [-0.39, 0.29) is 28.9 Å². The molecule has 1 aliphatic rings. The summed E-state index contributed by atoms with van der Waals surface area (Å²) in [5.74, 6) is -6.58. The number of carboxylic acids is 1. The fraction of sp³-hybridized carbons (Fsp3) is 0.211. The Morgan fingerprint density at radius 3 is 2.47 bits per heavy atom. The second kappa shape index (κ2) is 6.99. The molecule has 4 rings (SSSR count). The highest BCUT2D eigenvalue weighted by Gasteiger charge is 2.34. The first-order valence-electron chi connectivity index (χ1n) is 8.70. The Morgan fingerprint density at radius 1 is 1.20 bits per heavy atom. The van der Waals surface area contributed by atoms with E-state index in [9.17, 15) is 33.0 Å². The monoisotopic (exact) mass is 439 g/mol. The van der Waals surface area contributed by atoms with Crippen molar-refractivity contribution in [3.05, 3.63) is 62.2 Å². The van der Waals surface area contributed by atoms with Gasteiger partial charge in [-0.3, -0.25) is 9.36 Å². The highest BCUT2D eigenvalue weighted by molar-refractivity contribution is 6.36. The number of aliphatic hydroxyl groups excluding tert-OH is 1. The van der Waals surface area contributed by atoms with Gasteiger partial charge in [0.25, 0.3) is 0 Å². The number of rotatable bonds is 3. The van der Waals surface area contributed by atoms with E-state index in [1.807, 2.05) is 0 Å². The molecule has 0 aliphatic heterocycles. The van der Waals surface area contributed by atoms with Crippen LogP contribution >= 0.6 is 11.6 Å². The number of aromatic carboxylic acids is 1. The first kappa shape index (κ1) is 20.2. The van der Waals surface area contributed by atoms with Crippen molar-refractivity contribution in [2.45, 2.75) is 24.9 Å². The molecule has 30 heavy (non-hydrogen) atoms. The molecule has 11 heteroatoms. The van der Waals surface area contributed by atoms with Crippen LogP contribution in [0.15, 0.2) is 23.1 Å². The van der Waals surface area contributed by atoms with Crippen molar-refractivity contribution in [1.29, 1.82) is 0 Å². The lowest BCUT2D eigenvalue weighted by Gasteiger charge is -2.33. The van der Waals surface area contributed by atoms with E-state index in [0.717, 1.165) is 16.8 Å². The third kappa shape index (κ3) is 2.99. The zero-order valence-electron chi connectivity index (χ0n) is 15.0. The molecule has 3 aromatic rings. The molecule has 1 fully saturated rings. The number of fused-ring (bicyclic) bond motifs is 1. The number of aliphatic hydroxyl groups is 1. The summed E-state index contributed by atoms with van der Waals surface area (Å²) in [5, 5.41) is 18.2. The standard InChI is InChI=1S/C19H13ClF3N3O4/c20-14-13(6-1-7(27)2-6)10(21)3-8-15(14)26(5-9(16(8)28)19(29)30)18-12(23)4-11(22)17(24)25-18/h3-7,27H,1-2H2,(H2,24,25)(H,29,30). The predicted molar refractivity (Wildman–Crippen MR) is 102 cm³/mol. The molecule has 4 N–H and O–H groups in total. The summed E-state index contributed by atoms with van der Waals surface area (Å²) in [5.41, 5.74) is 3.38. The average molecular weight is 440 g/mol. The second-order valence-electron chi connectivity index (χ2n) is 7.01. The van der Waals surface area contributed by atoms with Gasteiger partial charge in [-0.25, -0.2) is 22.9 Å². The van der Waals surface area contributed by atoms with Crippen LogP contribution in [0.3, 0.4) is 0 Å². The number of halogens is 4. The van der Waals surface area contributed by atoms with Gasteiger partial charge in [-0.1, -0.05) is 11.6 Å². The van der Waals surface area contributed by atoms with Crippen LogP contribution in [0, 0.1) is 17.5 Å². The van der Waals surface area contributed by atoms with Gasteiger partial charge in [0.1, 0.15) is 11.4 Å². The van der Waals surface area contributed by atoms with Gasteiger partial charge in [0.05, 0.1) is 22.0 Å². The van der Waals surface area contributed by atoms with Crippen molar-refractivity contribution in [2.24, 2.45) is 0 Å². The van der Waals surface area contributed by atoms with Crippen molar-refractivity contribution in [3.8, 4) is 5.82 Å². The third-order valence-corrected chi connectivity index (χ3v) is 5.52. The molecule has 1 aromatic carbocycles. The molecular formula is C19H13ClF3N3O4. The van der Waals surface area contributed by atoms with Crippen LogP contribution < -0.4 is 11.2 Å². The van der Waals surface area contributed by atoms with Crippen LogP contribution in [-0.2, 0) is 0 Å².